The van der Waals surface area contributed by atoms with Crippen molar-refractivity contribution in [3.05, 3.63) is 0 Å². The van der Waals surface area contributed by atoms with Crippen molar-refractivity contribution in [3.8, 4) is 0 Å². The third-order valence-electron chi connectivity index (χ3n) is 3.81. The maximum atomic E-state index is 12.1. The number of nitrogens with two attached hydrogens (primary N) is 1. The average molecular weight is 241 g/mol. The van der Waals surface area contributed by atoms with Crippen molar-refractivity contribution in [1.82, 2.24) is 4.90 Å². The van der Waals surface area contributed by atoms with Crippen molar-refractivity contribution in [3.63, 3.8) is 0 Å². The Hall–Kier alpha value is -1.26. The van der Waals surface area contributed by atoms with E-state index in [2.05, 4.69) is 12.1 Å². The second kappa shape index (κ2) is 5.89. The summed E-state index contributed by atoms with van der Waals surface area (Å²) in [5.41, 5.74) is 5.46. The van der Waals surface area contributed by atoms with Crippen molar-refractivity contribution in [2.24, 2.45) is 22.7 Å². The minimum Gasteiger partial charge on any atom is -0.409 e. The van der Waals surface area contributed by atoms with Crippen molar-refractivity contribution in [2.45, 2.75) is 45.6 Å². The molecule has 98 valence electrons. The lowest BCUT2D eigenvalue weighted by molar-refractivity contribution is -0.134. The molecule has 1 fully saturated rings. The zero-order chi connectivity index (χ0) is 13.0. The highest BCUT2D eigenvalue weighted by molar-refractivity contribution is 6.01. The summed E-state index contributed by atoms with van der Waals surface area (Å²) in [7, 11) is 1.81. The van der Waals surface area contributed by atoms with E-state index in [0.29, 0.717) is 6.04 Å². The van der Waals surface area contributed by atoms with Gasteiger partial charge in [0.15, 0.2) is 5.84 Å². The SMILES string of the molecule is CC1CCC(N(C)C(=O)C(C)C(N)=NO)CC1. The van der Waals surface area contributed by atoms with E-state index in [4.69, 9.17) is 10.9 Å². The summed E-state index contributed by atoms with van der Waals surface area (Å²) in [6.07, 6.45) is 4.43. The third-order valence-corrected chi connectivity index (χ3v) is 3.81. The first-order valence-corrected chi connectivity index (χ1v) is 6.21. The Morgan fingerprint density at radius 2 is 1.94 bits per heavy atom. The summed E-state index contributed by atoms with van der Waals surface area (Å²) in [5.74, 6) is 0.117. The van der Waals surface area contributed by atoms with E-state index in [1.54, 1.807) is 11.8 Å². The molecule has 5 nitrogen and oxygen atoms in total. The van der Waals surface area contributed by atoms with Gasteiger partial charge in [0.25, 0.3) is 0 Å². The van der Waals surface area contributed by atoms with Gasteiger partial charge in [-0.15, -0.1) is 0 Å². The van der Waals surface area contributed by atoms with Gasteiger partial charge in [0.05, 0.1) is 5.92 Å². The monoisotopic (exact) mass is 241 g/mol. The predicted molar refractivity (Wildman–Crippen MR) is 66.8 cm³/mol. The first-order chi connectivity index (χ1) is 7.97. The molecule has 1 aliphatic carbocycles. The van der Waals surface area contributed by atoms with E-state index in [1.165, 1.54) is 12.8 Å². The molecule has 1 amide bonds. The van der Waals surface area contributed by atoms with Crippen LogP contribution in [0.25, 0.3) is 0 Å². The van der Waals surface area contributed by atoms with Crippen LogP contribution in [0.15, 0.2) is 5.16 Å². The van der Waals surface area contributed by atoms with E-state index in [1.807, 2.05) is 7.05 Å². The maximum absolute atomic E-state index is 12.1. The van der Waals surface area contributed by atoms with Crippen LogP contribution in [0.2, 0.25) is 0 Å². The minimum absolute atomic E-state index is 0.0222. The number of amidine groups is 1. The van der Waals surface area contributed by atoms with E-state index in [9.17, 15) is 4.79 Å². The van der Waals surface area contributed by atoms with Crippen LogP contribution in [0.5, 0.6) is 0 Å². The highest BCUT2D eigenvalue weighted by Crippen LogP contribution is 2.27. The van der Waals surface area contributed by atoms with Gasteiger partial charge in [-0.25, -0.2) is 0 Å². The van der Waals surface area contributed by atoms with Gasteiger partial charge in [-0.3, -0.25) is 4.79 Å². The van der Waals surface area contributed by atoms with Gasteiger partial charge < -0.3 is 15.8 Å². The second-order valence-electron chi connectivity index (χ2n) is 5.11. The number of carbonyl (C=O) groups is 1. The third kappa shape index (κ3) is 3.35. The van der Waals surface area contributed by atoms with E-state index in [-0.39, 0.29) is 11.7 Å². The number of hydrogen-bond donors (Lipinski definition) is 2. The normalized spacial score (nSPS) is 27.6. The highest BCUT2D eigenvalue weighted by atomic mass is 16.4. The molecule has 1 saturated carbocycles. The molecule has 0 spiro atoms. The van der Waals surface area contributed by atoms with Gasteiger partial charge >= 0.3 is 0 Å². The van der Waals surface area contributed by atoms with E-state index >= 15 is 0 Å². The quantitative estimate of drug-likeness (QED) is 0.339. The number of hydrogen-bond acceptors (Lipinski definition) is 3. The van der Waals surface area contributed by atoms with E-state index in [0.717, 1.165) is 18.8 Å². The summed E-state index contributed by atoms with van der Waals surface area (Å²) in [6.45, 7) is 3.91. The number of oxime groups is 1. The lowest BCUT2D eigenvalue weighted by Gasteiger charge is -2.34. The van der Waals surface area contributed by atoms with Crippen LogP contribution in [0.4, 0.5) is 0 Å². The zero-order valence-electron chi connectivity index (χ0n) is 10.9. The van der Waals surface area contributed by atoms with Crippen LogP contribution in [0, 0.1) is 11.8 Å². The van der Waals surface area contributed by atoms with Crippen LogP contribution in [0.3, 0.4) is 0 Å². The summed E-state index contributed by atoms with van der Waals surface area (Å²) in [4.78, 5) is 13.8. The Kier molecular flexibility index (Phi) is 4.78. The molecule has 17 heavy (non-hydrogen) atoms. The largest absolute Gasteiger partial charge is 0.409 e. The molecule has 1 aliphatic rings. The molecule has 1 rings (SSSR count). The maximum Gasteiger partial charge on any atom is 0.233 e. The number of rotatable bonds is 3. The molecule has 1 atom stereocenters. The Morgan fingerprint density at radius 3 is 2.41 bits per heavy atom. The molecule has 0 aromatic rings. The molecule has 5 heteroatoms. The summed E-state index contributed by atoms with van der Waals surface area (Å²) in [6, 6.07) is 0.299. The second-order valence-corrected chi connectivity index (χ2v) is 5.11. The van der Waals surface area contributed by atoms with Crippen LogP contribution in [-0.2, 0) is 4.79 Å². The van der Waals surface area contributed by atoms with Crippen molar-refractivity contribution >= 4 is 11.7 Å². The van der Waals surface area contributed by atoms with Crippen LogP contribution < -0.4 is 5.73 Å². The van der Waals surface area contributed by atoms with Gasteiger partial charge in [0.2, 0.25) is 5.91 Å². The van der Waals surface area contributed by atoms with Crippen molar-refractivity contribution in [1.29, 1.82) is 0 Å². The molecule has 0 bridgehead atoms. The molecule has 0 aliphatic heterocycles. The first kappa shape index (κ1) is 13.8. The van der Waals surface area contributed by atoms with Gasteiger partial charge in [0.1, 0.15) is 0 Å². The predicted octanol–water partition coefficient (Wildman–Crippen LogP) is 1.41. The molecule has 3 N–H and O–H groups in total. The Labute approximate surface area is 103 Å². The molecule has 0 aromatic carbocycles. The Balaban J connectivity index is 2.57. The van der Waals surface area contributed by atoms with Crippen LogP contribution in [0.1, 0.15) is 39.5 Å². The lowest BCUT2D eigenvalue weighted by Crippen LogP contribution is -2.45. The van der Waals surface area contributed by atoms with Gasteiger partial charge in [-0.05, 0) is 38.5 Å². The van der Waals surface area contributed by atoms with Crippen LogP contribution >= 0.6 is 0 Å². The lowest BCUT2D eigenvalue weighted by atomic mass is 9.86. The Morgan fingerprint density at radius 1 is 1.41 bits per heavy atom. The molecular formula is C12H23N3O2. The number of amides is 1. The fourth-order valence-electron chi connectivity index (χ4n) is 2.33. The summed E-state index contributed by atoms with van der Waals surface area (Å²) < 4.78 is 0. The number of carbonyl (C=O) groups excluding carboxylic acids is 1. The zero-order valence-corrected chi connectivity index (χ0v) is 10.9. The first-order valence-electron chi connectivity index (χ1n) is 6.21. The Bertz CT molecular complexity index is 296. The van der Waals surface area contributed by atoms with Crippen molar-refractivity contribution < 1.29 is 10.0 Å². The topological polar surface area (TPSA) is 78.9 Å². The molecule has 0 heterocycles. The summed E-state index contributed by atoms with van der Waals surface area (Å²) >= 11 is 0. The molecule has 0 saturated heterocycles. The smallest absolute Gasteiger partial charge is 0.233 e. The van der Waals surface area contributed by atoms with Gasteiger partial charge in [-0.2, -0.15) is 0 Å². The molecular weight excluding hydrogens is 218 g/mol. The highest BCUT2D eigenvalue weighted by Gasteiger charge is 2.28. The molecule has 0 radical (unpaired) electrons. The number of nitrogens with zero attached hydrogens (tertiary/aromatic N) is 2. The summed E-state index contributed by atoms with van der Waals surface area (Å²) in [5, 5.41) is 11.5. The average Bonchev–Trinajstić information content (AvgIpc) is 2.36. The van der Waals surface area contributed by atoms with Gasteiger partial charge in [0, 0.05) is 13.1 Å². The fourth-order valence-corrected chi connectivity index (χ4v) is 2.33. The fraction of sp³-hybridized carbons (Fsp3) is 0.833. The minimum atomic E-state index is -0.552. The molecule has 0 aromatic heterocycles. The standard InChI is InChI=1S/C12H23N3O2/c1-8-4-6-10(7-5-8)15(3)12(16)9(2)11(13)14-17/h8-10,17H,4-7H2,1-3H3,(H2,13,14). The molecule has 1 unspecified atom stereocenters. The van der Waals surface area contributed by atoms with E-state index < -0.39 is 5.92 Å². The van der Waals surface area contributed by atoms with Crippen molar-refractivity contribution in [2.75, 3.05) is 7.05 Å². The van der Waals surface area contributed by atoms with Crippen LogP contribution in [-0.4, -0.2) is 34.9 Å². The van der Waals surface area contributed by atoms with Gasteiger partial charge in [-0.1, -0.05) is 12.1 Å².